The van der Waals surface area contributed by atoms with Crippen molar-refractivity contribution >= 4 is 28.2 Å². The van der Waals surface area contributed by atoms with Gasteiger partial charge in [-0.3, -0.25) is 4.79 Å². The topological polar surface area (TPSA) is 35.5 Å². The average molecular weight is 219 g/mol. The zero-order valence-electron chi connectivity index (χ0n) is 6.82. The summed E-state index contributed by atoms with van der Waals surface area (Å²) in [4.78, 5) is 10.3. The normalized spacial score (nSPS) is 9.38. The van der Waals surface area contributed by atoms with Crippen LogP contribution in [0.15, 0.2) is 24.3 Å². The van der Waals surface area contributed by atoms with Gasteiger partial charge in [0.2, 0.25) is 0 Å². The molecule has 0 unspecified atom stereocenters. The summed E-state index contributed by atoms with van der Waals surface area (Å²) in [5, 5.41) is 0. The molecule has 0 amide bonds. The van der Waals surface area contributed by atoms with E-state index in [9.17, 15) is 4.79 Å². The largest absolute Gasteiger partial charge is 0.497 e. The summed E-state index contributed by atoms with van der Waals surface area (Å²) >= 11 is 5.64. The van der Waals surface area contributed by atoms with Crippen molar-refractivity contribution in [1.29, 1.82) is 0 Å². The molecule has 0 spiro atoms. The lowest BCUT2D eigenvalue weighted by Crippen LogP contribution is -1.85. The number of carbonyl (C=O) groups is 1. The molecule has 0 fully saturated rings. The van der Waals surface area contributed by atoms with Crippen molar-refractivity contribution in [3.63, 3.8) is 0 Å². The number of rotatable bonds is 3. The number of hydrogen-bond acceptors (Lipinski definition) is 4. The maximum Gasteiger partial charge on any atom is 0.318 e. The van der Waals surface area contributed by atoms with E-state index in [1.807, 2.05) is 0 Å². The van der Waals surface area contributed by atoms with E-state index in [1.54, 1.807) is 31.4 Å². The summed E-state index contributed by atoms with van der Waals surface area (Å²) in [6.45, 7) is 0. The zero-order valence-corrected chi connectivity index (χ0v) is 8.39. The Morgan fingerprint density at radius 2 is 1.85 bits per heavy atom. The first-order chi connectivity index (χ1) is 6.22. The summed E-state index contributed by atoms with van der Waals surface area (Å²) in [5.41, 5.74) is 0. The van der Waals surface area contributed by atoms with E-state index >= 15 is 0 Å². The van der Waals surface area contributed by atoms with Crippen molar-refractivity contribution in [3.05, 3.63) is 24.3 Å². The molecule has 70 valence electrons. The van der Waals surface area contributed by atoms with Gasteiger partial charge in [0.25, 0.3) is 0 Å². The van der Waals surface area contributed by atoms with Crippen LogP contribution in [0, 0.1) is 0 Å². The number of carbonyl (C=O) groups excluding carboxylic acids is 1. The highest BCUT2D eigenvalue weighted by Crippen LogP contribution is 2.21. The molecule has 0 aromatic heterocycles. The van der Waals surface area contributed by atoms with Gasteiger partial charge < -0.3 is 8.92 Å². The lowest BCUT2D eigenvalue weighted by Gasteiger charge is -2.01. The van der Waals surface area contributed by atoms with E-state index in [4.69, 9.17) is 20.5 Å². The fourth-order valence-corrected chi connectivity index (χ4v) is 1.08. The van der Waals surface area contributed by atoms with Gasteiger partial charge in [0, 0.05) is 0 Å². The Morgan fingerprint density at radius 3 is 2.31 bits per heavy atom. The highest BCUT2D eigenvalue weighted by atomic mass is 35.5. The highest BCUT2D eigenvalue weighted by Gasteiger charge is 2.00. The van der Waals surface area contributed by atoms with Gasteiger partial charge >= 0.3 is 4.57 Å². The number of methoxy groups -OCH3 is 1. The SMILES string of the molecule is COc1ccc(OSC(=O)Cl)cc1. The Balaban J connectivity index is 2.54. The number of halogens is 1. The summed E-state index contributed by atoms with van der Waals surface area (Å²) < 4.78 is 9.28. The van der Waals surface area contributed by atoms with E-state index in [0.29, 0.717) is 17.8 Å². The Hall–Kier alpha value is -0.870. The molecule has 3 nitrogen and oxygen atoms in total. The molecule has 0 bridgehead atoms. The maximum absolute atomic E-state index is 10.3. The Bertz CT molecular complexity index is 286. The molecule has 13 heavy (non-hydrogen) atoms. The van der Waals surface area contributed by atoms with Crippen molar-refractivity contribution in [2.45, 2.75) is 0 Å². The van der Waals surface area contributed by atoms with E-state index in [1.165, 1.54) is 0 Å². The molecule has 0 radical (unpaired) electrons. The molecule has 0 atom stereocenters. The second-order valence-electron chi connectivity index (χ2n) is 2.08. The molecule has 1 rings (SSSR count). The van der Waals surface area contributed by atoms with Crippen molar-refractivity contribution in [2.24, 2.45) is 0 Å². The van der Waals surface area contributed by atoms with Gasteiger partial charge in [-0.15, -0.1) is 0 Å². The van der Waals surface area contributed by atoms with Crippen LogP contribution in [0.4, 0.5) is 4.79 Å². The second-order valence-corrected chi connectivity index (χ2v) is 3.35. The molecule has 5 heteroatoms. The lowest BCUT2D eigenvalue weighted by molar-refractivity contribution is 0.275. The smallest absolute Gasteiger partial charge is 0.318 e. The third-order valence-electron chi connectivity index (χ3n) is 1.26. The Kier molecular flexibility index (Phi) is 3.92. The van der Waals surface area contributed by atoms with E-state index in [0.717, 1.165) is 5.75 Å². The third kappa shape index (κ3) is 3.57. The van der Waals surface area contributed by atoms with Gasteiger partial charge in [0.15, 0.2) is 0 Å². The molecule has 0 heterocycles. The molecule has 0 aliphatic rings. The minimum atomic E-state index is -0.601. The Labute approximate surface area is 85.2 Å². The maximum atomic E-state index is 10.3. The van der Waals surface area contributed by atoms with Crippen LogP contribution in [0.3, 0.4) is 0 Å². The van der Waals surface area contributed by atoms with Crippen LogP contribution in [0.5, 0.6) is 11.5 Å². The predicted molar refractivity (Wildman–Crippen MR) is 52.5 cm³/mol. The number of hydrogen-bond donors (Lipinski definition) is 0. The van der Waals surface area contributed by atoms with Gasteiger partial charge in [-0.05, 0) is 35.9 Å². The summed E-state index contributed by atoms with van der Waals surface area (Å²) in [6, 6.07) is 6.83. The van der Waals surface area contributed by atoms with Crippen molar-refractivity contribution in [1.82, 2.24) is 0 Å². The van der Waals surface area contributed by atoms with E-state index in [-0.39, 0.29) is 0 Å². The zero-order chi connectivity index (χ0) is 9.68. The first-order valence-electron chi connectivity index (χ1n) is 3.40. The molecule has 0 N–H and O–H groups in total. The minimum Gasteiger partial charge on any atom is -0.497 e. The minimum absolute atomic E-state index is 0.555. The Morgan fingerprint density at radius 1 is 1.31 bits per heavy atom. The quantitative estimate of drug-likeness (QED) is 0.577. The average Bonchev–Trinajstić information content (AvgIpc) is 2.15. The van der Waals surface area contributed by atoms with Crippen LogP contribution in [0.2, 0.25) is 0 Å². The fraction of sp³-hybridized carbons (Fsp3) is 0.125. The number of ether oxygens (including phenoxy) is 1. The summed E-state index contributed by atoms with van der Waals surface area (Å²) in [5.74, 6) is 1.29. The molecule has 0 aliphatic carbocycles. The molecule has 0 saturated heterocycles. The lowest BCUT2D eigenvalue weighted by atomic mass is 10.3. The second kappa shape index (κ2) is 4.99. The van der Waals surface area contributed by atoms with E-state index < -0.39 is 4.57 Å². The first kappa shape index (κ1) is 10.2. The van der Waals surface area contributed by atoms with Gasteiger partial charge in [-0.25, -0.2) is 0 Å². The highest BCUT2D eigenvalue weighted by molar-refractivity contribution is 8.12. The molecule has 1 aromatic carbocycles. The van der Waals surface area contributed by atoms with Gasteiger partial charge in [-0.2, -0.15) is 0 Å². The molecular formula is C8H7ClO3S. The van der Waals surface area contributed by atoms with Gasteiger partial charge in [0.1, 0.15) is 23.5 Å². The molecule has 1 aromatic rings. The van der Waals surface area contributed by atoms with Crippen LogP contribution in [-0.2, 0) is 0 Å². The fourth-order valence-electron chi connectivity index (χ4n) is 0.712. The van der Waals surface area contributed by atoms with E-state index in [2.05, 4.69) is 0 Å². The summed E-state index contributed by atoms with van der Waals surface area (Å²) in [6.07, 6.45) is 0. The standard InChI is InChI=1S/C8H7ClO3S/c1-11-6-2-4-7(5-3-6)12-13-8(9)10/h2-5H,1H3. The van der Waals surface area contributed by atoms with Crippen LogP contribution in [0.1, 0.15) is 0 Å². The van der Waals surface area contributed by atoms with Crippen molar-refractivity contribution in [2.75, 3.05) is 7.11 Å². The van der Waals surface area contributed by atoms with Crippen LogP contribution >= 0.6 is 23.6 Å². The van der Waals surface area contributed by atoms with Gasteiger partial charge in [0.05, 0.1) is 7.11 Å². The van der Waals surface area contributed by atoms with Crippen LogP contribution in [0.25, 0.3) is 0 Å². The molecular weight excluding hydrogens is 212 g/mol. The van der Waals surface area contributed by atoms with Crippen LogP contribution < -0.4 is 8.92 Å². The third-order valence-corrected chi connectivity index (χ3v) is 1.86. The van der Waals surface area contributed by atoms with Crippen molar-refractivity contribution in [3.8, 4) is 11.5 Å². The van der Waals surface area contributed by atoms with Crippen LogP contribution in [-0.4, -0.2) is 11.7 Å². The summed E-state index contributed by atoms with van der Waals surface area (Å²) in [7, 11) is 1.58. The molecule has 0 aliphatic heterocycles. The first-order valence-corrected chi connectivity index (χ1v) is 4.52. The monoisotopic (exact) mass is 218 g/mol. The molecule has 0 saturated carbocycles. The predicted octanol–water partition coefficient (Wildman–Crippen LogP) is 3.08. The van der Waals surface area contributed by atoms with Gasteiger partial charge in [-0.1, -0.05) is 0 Å². The van der Waals surface area contributed by atoms with Crippen molar-refractivity contribution < 1.29 is 13.7 Å². The number of benzene rings is 1.